The Labute approximate surface area is 116 Å². The van der Waals surface area contributed by atoms with Gasteiger partial charge in [0.15, 0.2) is 0 Å². The van der Waals surface area contributed by atoms with Crippen LogP contribution < -0.4 is 11.3 Å². The van der Waals surface area contributed by atoms with Gasteiger partial charge < -0.3 is 0 Å². The maximum absolute atomic E-state index is 13.3. The number of halogens is 3. The Morgan fingerprint density at radius 3 is 2.71 bits per heavy atom. The highest BCUT2D eigenvalue weighted by Crippen LogP contribution is 2.33. The number of benzene rings is 1. The van der Waals surface area contributed by atoms with E-state index in [1.54, 1.807) is 6.07 Å². The Balaban J connectivity index is 2.45. The Hall–Kier alpha value is -0.460. The van der Waals surface area contributed by atoms with Crippen molar-refractivity contribution in [2.24, 2.45) is 5.84 Å². The van der Waals surface area contributed by atoms with Gasteiger partial charge in [0.1, 0.15) is 5.82 Å². The second-order valence-electron chi connectivity index (χ2n) is 3.44. The summed E-state index contributed by atoms with van der Waals surface area (Å²) in [5.74, 6) is 5.21. The minimum absolute atomic E-state index is 0.311. The van der Waals surface area contributed by atoms with Crippen LogP contribution in [0.5, 0.6) is 0 Å². The van der Waals surface area contributed by atoms with Crippen LogP contribution in [0, 0.1) is 5.82 Å². The number of hydrogen-bond acceptors (Lipinski definition) is 3. The summed E-state index contributed by atoms with van der Waals surface area (Å²) < 4.78 is 14.0. The zero-order valence-electron chi connectivity index (χ0n) is 8.58. The number of thiophene rings is 1. The van der Waals surface area contributed by atoms with E-state index in [4.69, 9.17) is 17.4 Å². The SMILES string of the molecule is NNC(c1cc(F)cc(Br)c1)c1sccc1Cl. The molecule has 90 valence electrons. The summed E-state index contributed by atoms with van der Waals surface area (Å²) in [4.78, 5) is 0.867. The molecule has 0 saturated carbocycles. The molecule has 1 unspecified atom stereocenters. The summed E-state index contributed by atoms with van der Waals surface area (Å²) in [5.41, 5.74) is 3.38. The first kappa shape index (κ1) is 13.0. The van der Waals surface area contributed by atoms with Gasteiger partial charge in [-0.05, 0) is 35.2 Å². The fraction of sp³-hybridized carbons (Fsp3) is 0.0909. The van der Waals surface area contributed by atoms with E-state index in [1.165, 1.54) is 23.5 Å². The Morgan fingerprint density at radius 2 is 2.18 bits per heavy atom. The summed E-state index contributed by atoms with van der Waals surface area (Å²) in [6, 6.07) is 6.12. The molecule has 2 nitrogen and oxygen atoms in total. The molecule has 0 aliphatic rings. The highest BCUT2D eigenvalue weighted by atomic mass is 79.9. The molecule has 0 aliphatic carbocycles. The largest absolute Gasteiger partial charge is 0.271 e. The third-order valence-electron chi connectivity index (χ3n) is 2.29. The molecule has 0 fully saturated rings. The molecule has 0 spiro atoms. The monoisotopic (exact) mass is 334 g/mol. The second kappa shape index (κ2) is 5.46. The van der Waals surface area contributed by atoms with Gasteiger partial charge in [-0.1, -0.05) is 27.5 Å². The van der Waals surface area contributed by atoms with Crippen LogP contribution in [0.25, 0.3) is 0 Å². The predicted molar refractivity (Wildman–Crippen MR) is 72.6 cm³/mol. The van der Waals surface area contributed by atoms with Gasteiger partial charge in [-0.25, -0.2) is 9.82 Å². The van der Waals surface area contributed by atoms with E-state index in [-0.39, 0.29) is 11.9 Å². The molecule has 1 atom stereocenters. The average Bonchev–Trinajstić information content (AvgIpc) is 2.65. The van der Waals surface area contributed by atoms with Crippen molar-refractivity contribution in [3.63, 3.8) is 0 Å². The van der Waals surface area contributed by atoms with Gasteiger partial charge in [0.05, 0.1) is 11.1 Å². The first-order valence-corrected chi connectivity index (χ1v) is 6.82. The molecule has 0 saturated heterocycles. The lowest BCUT2D eigenvalue weighted by Crippen LogP contribution is -2.28. The number of rotatable bonds is 3. The van der Waals surface area contributed by atoms with Gasteiger partial charge in [0.25, 0.3) is 0 Å². The molecule has 17 heavy (non-hydrogen) atoms. The van der Waals surface area contributed by atoms with Gasteiger partial charge in [-0.15, -0.1) is 11.3 Å². The van der Waals surface area contributed by atoms with Crippen molar-refractivity contribution in [1.82, 2.24) is 5.43 Å². The van der Waals surface area contributed by atoms with Crippen LogP contribution in [0.15, 0.2) is 34.1 Å². The molecule has 6 heteroatoms. The third-order valence-corrected chi connectivity index (χ3v) is 4.17. The fourth-order valence-corrected chi connectivity index (χ4v) is 3.31. The molecule has 1 heterocycles. The average molecular weight is 336 g/mol. The van der Waals surface area contributed by atoms with E-state index < -0.39 is 0 Å². The second-order valence-corrected chi connectivity index (χ2v) is 5.71. The predicted octanol–water partition coefficient (Wildman–Crippen LogP) is 3.86. The summed E-state index contributed by atoms with van der Waals surface area (Å²) in [6.07, 6.45) is 0. The van der Waals surface area contributed by atoms with Crippen molar-refractivity contribution in [3.8, 4) is 0 Å². The van der Waals surface area contributed by atoms with Crippen LogP contribution in [0.3, 0.4) is 0 Å². The molecule has 0 aliphatic heterocycles. The van der Waals surface area contributed by atoms with Crippen molar-refractivity contribution in [1.29, 1.82) is 0 Å². The highest BCUT2D eigenvalue weighted by molar-refractivity contribution is 9.10. The van der Waals surface area contributed by atoms with Gasteiger partial charge in [-0.2, -0.15) is 0 Å². The summed E-state index contributed by atoms with van der Waals surface area (Å²) in [5, 5.41) is 2.49. The first-order chi connectivity index (χ1) is 8.11. The smallest absolute Gasteiger partial charge is 0.124 e. The van der Waals surface area contributed by atoms with E-state index in [0.717, 1.165) is 10.4 Å². The van der Waals surface area contributed by atoms with Crippen molar-refractivity contribution in [3.05, 3.63) is 55.4 Å². The molecule has 1 aromatic heterocycles. The fourth-order valence-electron chi connectivity index (χ4n) is 1.58. The van der Waals surface area contributed by atoms with Crippen molar-refractivity contribution < 1.29 is 4.39 Å². The summed E-state index contributed by atoms with van der Waals surface area (Å²) in [6.45, 7) is 0. The van der Waals surface area contributed by atoms with Crippen LogP contribution >= 0.6 is 38.9 Å². The molecular weight excluding hydrogens is 327 g/mol. The van der Waals surface area contributed by atoms with Gasteiger partial charge in [0, 0.05) is 9.35 Å². The van der Waals surface area contributed by atoms with Crippen LogP contribution in [0.2, 0.25) is 5.02 Å². The number of nitrogens with two attached hydrogens (primary N) is 1. The maximum atomic E-state index is 13.3. The lowest BCUT2D eigenvalue weighted by atomic mass is 10.1. The van der Waals surface area contributed by atoms with Crippen molar-refractivity contribution in [2.45, 2.75) is 6.04 Å². The topological polar surface area (TPSA) is 38.0 Å². The lowest BCUT2D eigenvalue weighted by Gasteiger charge is -2.16. The van der Waals surface area contributed by atoms with Gasteiger partial charge in [-0.3, -0.25) is 5.84 Å². The normalized spacial score (nSPS) is 12.7. The van der Waals surface area contributed by atoms with Crippen LogP contribution in [-0.4, -0.2) is 0 Å². The Morgan fingerprint density at radius 1 is 1.41 bits per heavy atom. The quantitative estimate of drug-likeness (QED) is 0.660. The summed E-state index contributed by atoms with van der Waals surface area (Å²) >= 11 is 10.8. The molecule has 1 aromatic carbocycles. The summed E-state index contributed by atoms with van der Waals surface area (Å²) in [7, 11) is 0. The van der Waals surface area contributed by atoms with Crippen LogP contribution in [0.4, 0.5) is 4.39 Å². The lowest BCUT2D eigenvalue weighted by molar-refractivity contribution is 0.607. The molecule has 2 aromatic rings. The number of hydrogen-bond donors (Lipinski definition) is 2. The first-order valence-electron chi connectivity index (χ1n) is 4.77. The molecular formula is C11H9BrClFN2S. The zero-order chi connectivity index (χ0) is 12.4. The van der Waals surface area contributed by atoms with E-state index in [9.17, 15) is 4.39 Å². The Bertz CT molecular complexity index is 512. The zero-order valence-corrected chi connectivity index (χ0v) is 11.7. The number of nitrogens with one attached hydrogen (secondary N) is 1. The van der Waals surface area contributed by atoms with E-state index >= 15 is 0 Å². The minimum atomic E-state index is -0.317. The van der Waals surface area contributed by atoms with Crippen LogP contribution in [0.1, 0.15) is 16.5 Å². The minimum Gasteiger partial charge on any atom is -0.271 e. The number of hydrazine groups is 1. The Kier molecular flexibility index (Phi) is 4.17. The van der Waals surface area contributed by atoms with Gasteiger partial charge >= 0.3 is 0 Å². The van der Waals surface area contributed by atoms with Crippen molar-refractivity contribution in [2.75, 3.05) is 0 Å². The van der Waals surface area contributed by atoms with E-state index in [1.807, 2.05) is 11.4 Å². The standard InChI is InChI=1S/C11H9BrClFN2S/c12-7-3-6(4-8(14)5-7)10(16-15)11-9(13)1-2-17-11/h1-5,10,16H,15H2. The van der Waals surface area contributed by atoms with E-state index in [2.05, 4.69) is 21.4 Å². The molecule has 0 radical (unpaired) electrons. The maximum Gasteiger partial charge on any atom is 0.124 e. The molecule has 2 rings (SSSR count). The third kappa shape index (κ3) is 2.86. The molecule has 0 amide bonds. The van der Waals surface area contributed by atoms with Crippen LogP contribution in [-0.2, 0) is 0 Å². The van der Waals surface area contributed by atoms with Gasteiger partial charge in [0.2, 0.25) is 0 Å². The highest BCUT2D eigenvalue weighted by Gasteiger charge is 2.18. The molecule has 0 bridgehead atoms. The van der Waals surface area contributed by atoms with E-state index in [0.29, 0.717) is 9.50 Å². The van der Waals surface area contributed by atoms with Crippen molar-refractivity contribution >= 4 is 38.9 Å². The molecule has 3 N–H and O–H groups in total.